The van der Waals surface area contributed by atoms with Gasteiger partial charge in [-0.05, 0) is 105 Å². The van der Waals surface area contributed by atoms with E-state index in [1.54, 1.807) is 0 Å². The molecule has 8 nitrogen and oxygen atoms in total. The van der Waals surface area contributed by atoms with Gasteiger partial charge in [-0.15, -0.1) is 0 Å². The van der Waals surface area contributed by atoms with E-state index in [-0.39, 0.29) is 17.7 Å². The summed E-state index contributed by atoms with van der Waals surface area (Å²) < 4.78 is 17.6. The summed E-state index contributed by atoms with van der Waals surface area (Å²) in [5.41, 5.74) is 7.44. The molecule has 4 aliphatic rings. The molecule has 2 aromatic rings. The number of benzene rings is 2. The van der Waals surface area contributed by atoms with Crippen LogP contribution in [-0.4, -0.2) is 48.2 Å². The Kier molecular flexibility index (Phi) is 6.81. The van der Waals surface area contributed by atoms with Crippen molar-refractivity contribution in [3.05, 3.63) is 67.8 Å². The predicted octanol–water partition coefficient (Wildman–Crippen LogP) is 2.50. The summed E-state index contributed by atoms with van der Waals surface area (Å²) in [6.45, 7) is 7.86. The molecule has 0 radical (unpaired) electrons. The first-order valence-corrected chi connectivity index (χ1v) is 13.1. The molecule has 2 aliphatic carbocycles. The normalized spacial score (nSPS) is 22.2. The summed E-state index contributed by atoms with van der Waals surface area (Å²) in [5.74, 6) is 0. The molecule has 1 N–H and O–H groups in total. The van der Waals surface area contributed by atoms with Crippen molar-refractivity contribution in [3.8, 4) is 0 Å². The maximum absolute atomic E-state index is 11.4. The number of carbonyl (C=O) groups is 1. The smallest absolute Gasteiger partial charge is 0.423 e. The Labute approximate surface area is 218 Å². The van der Waals surface area contributed by atoms with E-state index in [2.05, 4.69) is 6.07 Å². The Balaban J connectivity index is 0.000000153. The lowest BCUT2D eigenvalue weighted by Gasteiger charge is -2.32. The SMILES string of the molecule is CC1(C)OB(c2c(C=O)ccc3c2CCC3)OC1(C)C.O=[N+]([O-])CC1OB(O)c2c1ccc1c2CCC1. The minimum absolute atomic E-state index is 0.289. The van der Waals surface area contributed by atoms with Crippen LogP contribution in [0.25, 0.3) is 0 Å². The van der Waals surface area contributed by atoms with E-state index >= 15 is 0 Å². The molecule has 0 aromatic heterocycles. The third-order valence-corrected chi connectivity index (χ3v) is 8.54. The van der Waals surface area contributed by atoms with Crippen molar-refractivity contribution < 1.29 is 28.7 Å². The standard InChI is InChI=1S/C16H21BO3.C11H12BNO4/c1-15(2)16(3,4)20-17(19-15)14-12(10-18)9-8-11-6-5-7-13(11)14;14-12-11-8-3-1-2-7(8)4-5-9(11)10(17-12)6-13(15)16/h8-10H,5-7H2,1-4H3;4-5,10,14H,1-3,6H2. The molecule has 37 heavy (non-hydrogen) atoms. The third kappa shape index (κ3) is 4.65. The fourth-order valence-electron chi connectivity index (χ4n) is 5.91. The molecule has 0 bridgehead atoms. The first-order valence-electron chi connectivity index (χ1n) is 13.1. The molecule has 0 amide bonds. The fraction of sp³-hybridized carbons (Fsp3) is 0.519. The zero-order valence-corrected chi connectivity index (χ0v) is 21.9. The maximum Gasteiger partial charge on any atom is 0.495 e. The summed E-state index contributed by atoms with van der Waals surface area (Å²) in [7, 11) is -1.43. The number of fused-ring (bicyclic) bond motifs is 4. The van der Waals surface area contributed by atoms with Crippen molar-refractivity contribution in [2.24, 2.45) is 0 Å². The van der Waals surface area contributed by atoms with Crippen LogP contribution < -0.4 is 10.9 Å². The van der Waals surface area contributed by atoms with Crippen LogP contribution in [-0.2, 0) is 39.6 Å². The van der Waals surface area contributed by atoms with Gasteiger partial charge >= 0.3 is 14.2 Å². The molecule has 10 heteroatoms. The number of rotatable bonds is 4. The third-order valence-electron chi connectivity index (χ3n) is 8.54. The van der Waals surface area contributed by atoms with E-state index in [0.717, 1.165) is 66.9 Å². The zero-order chi connectivity index (χ0) is 26.5. The molecule has 0 spiro atoms. The van der Waals surface area contributed by atoms with Crippen molar-refractivity contribution in [3.63, 3.8) is 0 Å². The van der Waals surface area contributed by atoms with Crippen molar-refractivity contribution in [2.45, 2.75) is 83.5 Å². The van der Waals surface area contributed by atoms with Crippen LogP contribution in [0.15, 0.2) is 24.3 Å². The molecule has 6 rings (SSSR count). The summed E-state index contributed by atoms with van der Waals surface area (Å²) >= 11 is 0. The van der Waals surface area contributed by atoms with Crippen molar-refractivity contribution in [1.29, 1.82) is 0 Å². The molecule has 1 unspecified atom stereocenters. The number of hydrogen-bond acceptors (Lipinski definition) is 7. The average Bonchev–Trinajstić information content (AvgIpc) is 3.59. The molecule has 2 heterocycles. The van der Waals surface area contributed by atoms with E-state index in [0.29, 0.717) is 5.56 Å². The van der Waals surface area contributed by atoms with Crippen LogP contribution in [0.4, 0.5) is 0 Å². The minimum Gasteiger partial charge on any atom is -0.423 e. The van der Waals surface area contributed by atoms with Gasteiger partial charge in [-0.2, -0.15) is 0 Å². The summed E-state index contributed by atoms with van der Waals surface area (Å²) in [6, 6.07) is 7.84. The summed E-state index contributed by atoms with van der Waals surface area (Å²) in [6.07, 6.45) is 6.58. The lowest BCUT2D eigenvalue weighted by molar-refractivity contribution is -0.490. The molecule has 0 saturated carbocycles. The summed E-state index contributed by atoms with van der Waals surface area (Å²) in [4.78, 5) is 21.5. The molecule has 1 fully saturated rings. The Bertz CT molecular complexity index is 1230. The van der Waals surface area contributed by atoms with Gasteiger partial charge in [-0.1, -0.05) is 24.3 Å². The fourth-order valence-corrected chi connectivity index (χ4v) is 5.91. The summed E-state index contributed by atoms with van der Waals surface area (Å²) in [5, 5.41) is 20.4. The van der Waals surface area contributed by atoms with E-state index in [4.69, 9.17) is 14.0 Å². The average molecular weight is 505 g/mol. The number of aryl methyl sites for hydroxylation is 2. The van der Waals surface area contributed by atoms with Gasteiger partial charge < -0.3 is 19.0 Å². The highest BCUT2D eigenvalue weighted by Gasteiger charge is 2.53. The largest absolute Gasteiger partial charge is 0.495 e. The van der Waals surface area contributed by atoms with E-state index in [9.17, 15) is 19.9 Å². The van der Waals surface area contributed by atoms with E-state index in [1.165, 1.54) is 16.7 Å². The van der Waals surface area contributed by atoms with E-state index in [1.807, 2.05) is 45.9 Å². The number of nitrogens with zero attached hydrogens (tertiary/aromatic N) is 1. The number of nitro groups is 1. The molecule has 194 valence electrons. The molecule has 2 aromatic carbocycles. The van der Waals surface area contributed by atoms with E-state index < -0.39 is 25.3 Å². The molecule has 1 saturated heterocycles. The quantitative estimate of drug-likeness (QED) is 0.295. The number of carbonyl (C=O) groups excluding carboxylic acids is 1. The predicted molar refractivity (Wildman–Crippen MR) is 141 cm³/mol. The van der Waals surface area contributed by atoms with Crippen molar-refractivity contribution >= 4 is 31.4 Å². The highest BCUT2D eigenvalue weighted by molar-refractivity contribution is 6.64. The van der Waals surface area contributed by atoms with Gasteiger partial charge in [-0.25, -0.2) is 0 Å². The topological polar surface area (TPSA) is 108 Å². The van der Waals surface area contributed by atoms with Crippen LogP contribution in [0.2, 0.25) is 0 Å². The van der Waals surface area contributed by atoms with Crippen LogP contribution in [0.5, 0.6) is 0 Å². The van der Waals surface area contributed by atoms with Gasteiger partial charge in [0, 0.05) is 10.5 Å². The Hall–Kier alpha value is -2.52. The number of hydrogen-bond donors (Lipinski definition) is 1. The van der Waals surface area contributed by atoms with Crippen LogP contribution >= 0.6 is 0 Å². The second-order valence-corrected chi connectivity index (χ2v) is 11.3. The van der Waals surface area contributed by atoms with Crippen molar-refractivity contribution in [2.75, 3.05) is 6.54 Å². The van der Waals surface area contributed by atoms with Crippen LogP contribution in [0.1, 0.15) is 84.8 Å². The molecular formula is C27H33B2NO7. The maximum atomic E-state index is 11.4. The Morgan fingerprint density at radius 2 is 1.54 bits per heavy atom. The first kappa shape index (κ1) is 26.1. The van der Waals surface area contributed by atoms with Gasteiger partial charge in [0.15, 0.2) is 0 Å². The first-order chi connectivity index (χ1) is 17.5. The highest BCUT2D eigenvalue weighted by Crippen LogP contribution is 2.37. The van der Waals surface area contributed by atoms with Gasteiger partial charge in [0.05, 0.1) is 11.2 Å². The van der Waals surface area contributed by atoms with Gasteiger partial charge in [-0.3, -0.25) is 14.9 Å². The molecule has 1 atom stereocenters. The lowest BCUT2D eigenvalue weighted by Crippen LogP contribution is -2.41. The van der Waals surface area contributed by atoms with Crippen molar-refractivity contribution in [1.82, 2.24) is 0 Å². The zero-order valence-electron chi connectivity index (χ0n) is 21.9. The minimum atomic E-state index is -0.997. The van der Waals surface area contributed by atoms with Gasteiger partial charge in [0.1, 0.15) is 12.4 Å². The monoisotopic (exact) mass is 505 g/mol. The second kappa shape index (κ2) is 9.66. The molecule has 2 aliphatic heterocycles. The second-order valence-electron chi connectivity index (χ2n) is 11.3. The van der Waals surface area contributed by atoms with Crippen LogP contribution in [0.3, 0.4) is 0 Å². The lowest BCUT2D eigenvalue weighted by atomic mass is 9.72. The Morgan fingerprint density at radius 3 is 2.11 bits per heavy atom. The van der Waals surface area contributed by atoms with Gasteiger partial charge in [0.25, 0.3) is 0 Å². The van der Waals surface area contributed by atoms with Crippen LogP contribution in [0, 0.1) is 10.1 Å². The molecular weight excluding hydrogens is 472 g/mol. The number of aldehydes is 1. The van der Waals surface area contributed by atoms with Gasteiger partial charge in [0.2, 0.25) is 6.54 Å². The highest BCUT2D eigenvalue weighted by atomic mass is 16.7. The Morgan fingerprint density at radius 1 is 0.973 bits per heavy atom.